The SMILES string of the molecule is C[C@H](N)c1nc2c(I)cc(F)cc2c(=O)n1-c1ccccc1. The zero-order valence-electron chi connectivity index (χ0n) is 11.8. The predicted octanol–water partition coefficient (Wildman–Crippen LogP) is 3.15. The minimum Gasteiger partial charge on any atom is -0.322 e. The van der Waals surface area contributed by atoms with Crippen molar-refractivity contribution in [2.75, 3.05) is 0 Å². The smallest absolute Gasteiger partial charge is 0.266 e. The van der Waals surface area contributed by atoms with Crippen molar-refractivity contribution in [3.8, 4) is 5.69 Å². The third-order valence-electron chi connectivity index (χ3n) is 3.34. The van der Waals surface area contributed by atoms with Gasteiger partial charge >= 0.3 is 0 Å². The first-order chi connectivity index (χ1) is 10.5. The standard InChI is InChI=1S/C16H13FIN3O/c1-9(19)15-20-14-12(7-10(17)8-13(14)18)16(22)21(15)11-5-3-2-4-6-11/h2-9H,19H2,1H3/t9-/m0/s1. The number of benzene rings is 2. The first kappa shape index (κ1) is 15.1. The lowest BCUT2D eigenvalue weighted by molar-refractivity contribution is 0.627. The lowest BCUT2D eigenvalue weighted by atomic mass is 10.2. The molecule has 2 N–H and O–H groups in total. The van der Waals surface area contributed by atoms with E-state index in [0.717, 1.165) is 0 Å². The highest BCUT2D eigenvalue weighted by Crippen LogP contribution is 2.21. The summed E-state index contributed by atoms with van der Waals surface area (Å²) in [5, 5.41) is 0.248. The van der Waals surface area contributed by atoms with E-state index in [0.29, 0.717) is 20.6 Å². The van der Waals surface area contributed by atoms with Gasteiger partial charge in [-0.1, -0.05) is 18.2 Å². The Balaban J connectivity index is 2.48. The molecule has 0 unspecified atom stereocenters. The number of nitrogens with zero attached hydrogens (tertiary/aromatic N) is 2. The van der Waals surface area contributed by atoms with E-state index in [1.165, 1.54) is 16.7 Å². The number of halogens is 2. The second-order valence-corrected chi connectivity index (χ2v) is 6.18. The van der Waals surface area contributed by atoms with Gasteiger partial charge < -0.3 is 5.73 Å². The van der Waals surface area contributed by atoms with Gasteiger partial charge in [0.25, 0.3) is 5.56 Å². The van der Waals surface area contributed by atoms with Crippen molar-refractivity contribution in [2.24, 2.45) is 5.73 Å². The molecule has 1 atom stereocenters. The van der Waals surface area contributed by atoms with Crippen LogP contribution < -0.4 is 11.3 Å². The van der Waals surface area contributed by atoms with Crippen molar-refractivity contribution in [3.05, 3.63) is 68.0 Å². The van der Waals surface area contributed by atoms with E-state index < -0.39 is 11.9 Å². The highest BCUT2D eigenvalue weighted by atomic mass is 127. The second-order valence-electron chi connectivity index (χ2n) is 5.02. The molecule has 1 aromatic heterocycles. The minimum absolute atomic E-state index is 0.248. The maximum atomic E-state index is 13.7. The molecule has 3 rings (SSSR count). The monoisotopic (exact) mass is 409 g/mol. The first-order valence-corrected chi connectivity index (χ1v) is 7.79. The molecule has 1 heterocycles. The lowest BCUT2D eigenvalue weighted by Crippen LogP contribution is -2.27. The van der Waals surface area contributed by atoms with Crippen molar-refractivity contribution in [2.45, 2.75) is 13.0 Å². The Kier molecular flexibility index (Phi) is 3.96. The lowest BCUT2D eigenvalue weighted by Gasteiger charge is -2.16. The van der Waals surface area contributed by atoms with Gasteiger partial charge in [0.05, 0.1) is 22.6 Å². The molecule has 0 amide bonds. The molecule has 112 valence electrons. The van der Waals surface area contributed by atoms with Crippen LogP contribution in [0.4, 0.5) is 4.39 Å². The quantitative estimate of drug-likeness (QED) is 0.662. The highest BCUT2D eigenvalue weighted by molar-refractivity contribution is 14.1. The summed E-state index contributed by atoms with van der Waals surface area (Å²) in [5.74, 6) is -0.00261. The van der Waals surface area contributed by atoms with Crippen LogP contribution in [-0.2, 0) is 0 Å². The largest absolute Gasteiger partial charge is 0.322 e. The van der Waals surface area contributed by atoms with E-state index in [1.54, 1.807) is 19.1 Å². The van der Waals surface area contributed by atoms with E-state index in [-0.39, 0.29) is 10.9 Å². The summed E-state index contributed by atoms with van der Waals surface area (Å²) in [6, 6.07) is 11.2. The second kappa shape index (κ2) is 5.77. The Morgan fingerprint density at radius 3 is 2.59 bits per heavy atom. The van der Waals surface area contributed by atoms with Crippen molar-refractivity contribution in [1.82, 2.24) is 9.55 Å². The van der Waals surface area contributed by atoms with Crippen molar-refractivity contribution >= 4 is 33.5 Å². The topological polar surface area (TPSA) is 60.9 Å². The molecule has 4 nitrogen and oxygen atoms in total. The molecular weight excluding hydrogens is 396 g/mol. The summed E-state index contributed by atoms with van der Waals surface area (Å²) >= 11 is 1.98. The van der Waals surface area contributed by atoms with E-state index in [9.17, 15) is 9.18 Å². The fourth-order valence-electron chi connectivity index (χ4n) is 2.36. The molecule has 3 aromatic rings. The fraction of sp³-hybridized carbons (Fsp3) is 0.125. The van der Waals surface area contributed by atoms with Crippen LogP contribution in [0.25, 0.3) is 16.6 Å². The van der Waals surface area contributed by atoms with Crippen LogP contribution in [-0.4, -0.2) is 9.55 Å². The zero-order valence-corrected chi connectivity index (χ0v) is 13.9. The molecule has 0 aliphatic rings. The molecular formula is C16H13FIN3O. The molecule has 0 aliphatic carbocycles. The van der Waals surface area contributed by atoms with Crippen LogP contribution in [0.3, 0.4) is 0 Å². The molecule has 0 bridgehead atoms. The number of hydrogen-bond donors (Lipinski definition) is 1. The molecule has 0 saturated heterocycles. The molecule has 0 aliphatic heterocycles. The highest BCUT2D eigenvalue weighted by Gasteiger charge is 2.17. The average molecular weight is 409 g/mol. The van der Waals surface area contributed by atoms with Gasteiger partial charge in [-0.25, -0.2) is 9.37 Å². The average Bonchev–Trinajstić information content (AvgIpc) is 2.48. The molecule has 22 heavy (non-hydrogen) atoms. The Bertz CT molecular complexity index is 907. The minimum atomic E-state index is -0.455. The molecule has 0 spiro atoms. The Hall–Kier alpha value is -1.80. The van der Waals surface area contributed by atoms with Crippen molar-refractivity contribution in [3.63, 3.8) is 0 Å². The van der Waals surface area contributed by atoms with Gasteiger partial charge in [0, 0.05) is 3.57 Å². The fourth-order valence-corrected chi connectivity index (χ4v) is 3.07. The molecule has 0 saturated carbocycles. The van der Waals surface area contributed by atoms with Crippen LogP contribution in [0.5, 0.6) is 0 Å². The molecule has 6 heteroatoms. The van der Waals surface area contributed by atoms with E-state index >= 15 is 0 Å². The van der Waals surface area contributed by atoms with Gasteiger partial charge in [0.15, 0.2) is 0 Å². The first-order valence-electron chi connectivity index (χ1n) is 6.71. The predicted molar refractivity (Wildman–Crippen MR) is 92.6 cm³/mol. The van der Waals surface area contributed by atoms with Crippen LogP contribution in [0.2, 0.25) is 0 Å². The normalized spacial score (nSPS) is 12.5. The number of para-hydroxylation sites is 1. The number of hydrogen-bond acceptors (Lipinski definition) is 3. The van der Waals surface area contributed by atoms with Gasteiger partial charge in [-0.15, -0.1) is 0 Å². The zero-order chi connectivity index (χ0) is 15.9. The van der Waals surface area contributed by atoms with Crippen LogP contribution in [0.15, 0.2) is 47.3 Å². The summed E-state index contributed by atoms with van der Waals surface area (Å²) in [7, 11) is 0. The van der Waals surface area contributed by atoms with Crippen molar-refractivity contribution in [1.29, 1.82) is 0 Å². The number of rotatable bonds is 2. The van der Waals surface area contributed by atoms with Gasteiger partial charge in [0.1, 0.15) is 11.6 Å². The summed E-state index contributed by atoms with van der Waals surface area (Å²) in [6.07, 6.45) is 0. The van der Waals surface area contributed by atoms with E-state index in [4.69, 9.17) is 5.73 Å². The Morgan fingerprint density at radius 1 is 1.27 bits per heavy atom. The van der Waals surface area contributed by atoms with Gasteiger partial charge in [-0.3, -0.25) is 9.36 Å². The maximum absolute atomic E-state index is 13.7. The van der Waals surface area contributed by atoms with Crippen LogP contribution >= 0.6 is 22.6 Å². The Labute approximate surface area is 139 Å². The van der Waals surface area contributed by atoms with Gasteiger partial charge in [0.2, 0.25) is 0 Å². The van der Waals surface area contributed by atoms with E-state index in [2.05, 4.69) is 4.98 Å². The third-order valence-corrected chi connectivity index (χ3v) is 4.16. The number of fused-ring (bicyclic) bond motifs is 1. The number of aromatic nitrogens is 2. The summed E-state index contributed by atoms with van der Waals surface area (Å²) < 4.78 is 15.7. The molecule has 0 radical (unpaired) electrons. The van der Waals surface area contributed by atoms with Crippen LogP contribution in [0.1, 0.15) is 18.8 Å². The van der Waals surface area contributed by atoms with Gasteiger partial charge in [-0.2, -0.15) is 0 Å². The summed E-state index contributed by atoms with van der Waals surface area (Å²) in [6.45, 7) is 1.77. The summed E-state index contributed by atoms with van der Waals surface area (Å²) in [4.78, 5) is 17.4. The third kappa shape index (κ3) is 2.52. The summed E-state index contributed by atoms with van der Waals surface area (Å²) in [5.41, 5.74) is 6.81. The Morgan fingerprint density at radius 2 is 1.95 bits per heavy atom. The molecule has 0 fully saturated rings. The van der Waals surface area contributed by atoms with Crippen molar-refractivity contribution < 1.29 is 4.39 Å². The van der Waals surface area contributed by atoms with Gasteiger partial charge in [-0.05, 0) is 53.8 Å². The number of nitrogens with two attached hydrogens (primary N) is 1. The maximum Gasteiger partial charge on any atom is 0.266 e. The van der Waals surface area contributed by atoms with E-state index in [1.807, 2.05) is 40.8 Å². The molecule has 2 aromatic carbocycles. The van der Waals surface area contributed by atoms with Crippen LogP contribution in [0, 0.1) is 9.39 Å².